The first-order valence-corrected chi connectivity index (χ1v) is 7.84. The summed E-state index contributed by atoms with van der Waals surface area (Å²) in [5.74, 6) is -1.84. The van der Waals surface area contributed by atoms with Crippen molar-refractivity contribution in [1.29, 1.82) is 0 Å². The molecule has 25 heavy (non-hydrogen) atoms. The molecule has 0 radical (unpaired) electrons. The Bertz CT molecular complexity index is 708. The maximum Gasteiger partial charge on any atom is 0.331 e. The largest absolute Gasteiger partial charge is 0.478 e. The predicted molar refractivity (Wildman–Crippen MR) is 102 cm³/mol. The van der Waals surface area contributed by atoms with Crippen LogP contribution >= 0.6 is 0 Å². The van der Waals surface area contributed by atoms with Gasteiger partial charge in [0.2, 0.25) is 0 Å². The van der Waals surface area contributed by atoms with Gasteiger partial charge in [0.05, 0.1) is 0 Å². The monoisotopic (exact) mass is 342 g/mol. The SMILES string of the molecule is CC(/C=C/C=C(\C)C(=O)O)=C\C=C\C=C(C)\C=C\C(C)=C(/C)C(=O)O. The van der Waals surface area contributed by atoms with E-state index in [2.05, 4.69) is 0 Å². The minimum Gasteiger partial charge on any atom is -0.478 e. The highest BCUT2D eigenvalue weighted by Gasteiger charge is 2.01. The van der Waals surface area contributed by atoms with Crippen LogP contribution in [-0.4, -0.2) is 22.2 Å². The third-order valence-corrected chi connectivity index (χ3v) is 3.38. The molecule has 134 valence electrons. The first-order valence-electron chi connectivity index (χ1n) is 7.84. The number of carboxylic acid groups (broad SMARTS) is 2. The molecule has 0 amide bonds. The zero-order valence-corrected chi connectivity index (χ0v) is 15.4. The second-order valence-corrected chi connectivity index (χ2v) is 5.67. The number of aliphatic carboxylic acids is 2. The second-order valence-electron chi connectivity index (χ2n) is 5.67. The van der Waals surface area contributed by atoms with Gasteiger partial charge in [-0.2, -0.15) is 0 Å². The van der Waals surface area contributed by atoms with Gasteiger partial charge in [-0.15, -0.1) is 0 Å². The van der Waals surface area contributed by atoms with Crippen molar-refractivity contribution in [2.45, 2.75) is 34.6 Å². The summed E-state index contributed by atoms with van der Waals surface area (Å²) in [5, 5.41) is 17.6. The normalized spacial score (nSPS) is 15.3. The summed E-state index contributed by atoms with van der Waals surface area (Å²) in [6.45, 7) is 8.74. The standard InChI is InChI=1S/C21H26O4/c1-15(11-8-12-18(4)20(22)23)9-6-7-10-16(2)13-14-17(3)19(5)21(24)25/h6-14H,1-5H3,(H,22,23)(H,24,25)/b7-6+,11-8+,14-13+,15-9+,16-10+,18-12+,19-17+. The Balaban J connectivity index is 4.78. The lowest BCUT2D eigenvalue weighted by Gasteiger charge is -1.97. The predicted octanol–water partition coefficient (Wildman–Crippen LogP) is 5.00. The molecule has 0 saturated heterocycles. The van der Waals surface area contributed by atoms with Gasteiger partial charge in [-0.05, 0) is 40.2 Å². The van der Waals surface area contributed by atoms with E-state index in [0.29, 0.717) is 5.57 Å². The molecular weight excluding hydrogens is 316 g/mol. The first kappa shape index (κ1) is 22.1. The molecule has 0 bridgehead atoms. The number of hydrogen-bond donors (Lipinski definition) is 2. The van der Waals surface area contributed by atoms with Crippen LogP contribution in [-0.2, 0) is 9.59 Å². The first-order chi connectivity index (χ1) is 11.6. The summed E-state index contributed by atoms with van der Waals surface area (Å²) in [6.07, 6.45) is 16.3. The van der Waals surface area contributed by atoms with E-state index in [-0.39, 0.29) is 5.57 Å². The Morgan fingerprint density at radius 1 is 0.640 bits per heavy atom. The van der Waals surface area contributed by atoms with Gasteiger partial charge in [0.25, 0.3) is 0 Å². The van der Waals surface area contributed by atoms with Crippen molar-refractivity contribution in [1.82, 2.24) is 0 Å². The van der Waals surface area contributed by atoms with Gasteiger partial charge in [0.15, 0.2) is 0 Å². The highest BCUT2D eigenvalue weighted by Crippen LogP contribution is 2.07. The molecule has 0 aliphatic heterocycles. The highest BCUT2D eigenvalue weighted by atomic mass is 16.4. The van der Waals surface area contributed by atoms with Crippen LogP contribution in [0.25, 0.3) is 0 Å². The Kier molecular flexibility index (Phi) is 10.3. The van der Waals surface area contributed by atoms with Gasteiger partial charge >= 0.3 is 11.9 Å². The van der Waals surface area contributed by atoms with E-state index in [9.17, 15) is 9.59 Å². The zero-order valence-electron chi connectivity index (χ0n) is 15.4. The second kappa shape index (κ2) is 11.6. The number of hydrogen-bond acceptors (Lipinski definition) is 2. The maximum absolute atomic E-state index is 10.8. The number of rotatable bonds is 8. The molecule has 0 aromatic heterocycles. The van der Waals surface area contributed by atoms with Crippen molar-refractivity contribution in [3.63, 3.8) is 0 Å². The minimum atomic E-state index is -0.927. The molecule has 2 N–H and O–H groups in total. The molecule has 0 aromatic rings. The fourth-order valence-electron chi connectivity index (χ4n) is 1.49. The minimum absolute atomic E-state index is 0.285. The van der Waals surface area contributed by atoms with Crippen LogP contribution < -0.4 is 0 Å². The maximum atomic E-state index is 10.8. The van der Waals surface area contributed by atoms with E-state index in [0.717, 1.165) is 16.7 Å². The number of carbonyl (C=O) groups is 2. The summed E-state index contributed by atoms with van der Waals surface area (Å²) < 4.78 is 0. The molecule has 0 fully saturated rings. The molecule has 0 rings (SSSR count). The lowest BCUT2D eigenvalue weighted by Crippen LogP contribution is -1.98. The van der Waals surface area contributed by atoms with Gasteiger partial charge in [0, 0.05) is 11.1 Å². The summed E-state index contributed by atoms with van der Waals surface area (Å²) >= 11 is 0. The van der Waals surface area contributed by atoms with Crippen LogP contribution in [0, 0.1) is 0 Å². The fraction of sp³-hybridized carbons (Fsp3) is 0.238. The van der Waals surface area contributed by atoms with Crippen molar-refractivity contribution < 1.29 is 19.8 Å². The Morgan fingerprint density at radius 3 is 1.64 bits per heavy atom. The zero-order chi connectivity index (χ0) is 19.4. The average molecular weight is 342 g/mol. The van der Waals surface area contributed by atoms with Crippen molar-refractivity contribution in [2.24, 2.45) is 0 Å². The molecule has 0 aliphatic rings. The van der Waals surface area contributed by atoms with Crippen LogP contribution in [0.1, 0.15) is 34.6 Å². The molecule has 4 nitrogen and oxygen atoms in total. The molecule has 0 heterocycles. The van der Waals surface area contributed by atoms with Gasteiger partial charge in [-0.25, -0.2) is 9.59 Å². The summed E-state index contributed by atoms with van der Waals surface area (Å²) in [6, 6.07) is 0. The van der Waals surface area contributed by atoms with E-state index in [4.69, 9.17) is 10.2 Å². The molecule has 0 atom stereocenters. The van der Waals surface area contributed by atoms with Crippen molar-refractivity contribution >= 4 is 11.9 Å². The fourth-order valence-corrected chi connectivity index (χ4v) is 1.49. The van der Waals surface area contributed by atoms with Gasteiger partial charge in [0.1, 0.15) is 0 Å². The Hall–Kier alpha value is -2.88. The van der Waals surface area contributed by atoms with Crippen molar-refractivity contribution in [3.8, 4) is 0 Å². The van der Waals surface area contributed by atoms with E-state index in [1.165, 1.54) is 0 Å². The van der Waals surface area contributed by atoms with Gasteiger partial charge < -0.3 is 10.2 Å². The molecule has 0 aliphatic carbocycles. The Morgan fingerprint density at radius 2 is 1.16 bits per heavy atom. The lowest BCUT2D eigenvalue weighted by atomic mass is 10.1. The third-order valence-electron chi connectivity index (χ3n) is 3.38. The lowest BCUT2D eigenvalue weighted by molar-refractivity contribution is -0.133. The summed E-state index contributed by atoms with van der Waals surface area (Å²) in [5.41, 5.74) is 3.32. The smallest absolute Gasteiger partial charge is 0.331 e. The van der Waals surface area contributed by atoms with Crippen LogP contribution in [0.15, 0.2) is 82.5 Å². The Labute approximate surface area is 149 Å². The van der Waals surface area contributed by atoms with Gasteiger partial charge in [-0.3, -0.25) is 0 Å². The van der Waals surface area contributed by atoms with Gasteiger partial charge in [-0.1, -0.05) is 65.8 Å². The molecule has 0 unspecified atom stereocenters. The van der Waals surface area contributed by atoms with E-state index in [1.807, 2.05) is 50.3 Å². The summed E-state index contributed by atoms with van der Waals surface area (Å²) in [7, 11) is 0. The van der Waals surface area contributed by atoms with Crippen LogP contribution in [0.5, 0.6) is 0 Å². The van der Waals surface area contributed by atoms with E-state index >= 15 is 0 Å². The average Bonchev–Trinajstić information content (AvgIpc) is 2.55. The molecule has 0 aromatic carbocycles. The highest BCUT2D eigenvalue weighted by molar-refractivity contribution is 5.87. The van der Waals surface area contributed by atoms with Crippen molar-refractivity contribution in [3.05, 3.63) is 82.5 Å². The quantitative estimate of drug-likeness (QED) is 0.481. The summed E-state index contributed by atoms with van der Waals surface area (Å²) in [4.78, 5) is 21.5. The molecule has 4 heteroatoms. The number of allylic oxidation sites excluding steroid dienone is 12. The molecule has 0 saturated carbocycles. The van der Waals surface area contributed by atoms with Crippen LogP contribution in [0.2, 0.25) is 0 Å². The molecule has 0 spiro atoms. The molecular formula is C21H26O4. The number of carboxylic acids is 2. The van der Waals surface area contributed by atoms with Crippen LogP contribution in [0.4, 0.5) is 0 Å². The third kappa shape index (κ3) is 10.5. The van der Waals surface area contributed by atoms with E-state index in [1.54, 1.807) is 39.0 Å². The van der Waals surface area contributed by atoms with Crippen LogP contribution in [0.3, 0.4) is 0 Å². The topological polar surface area (TPSA) is 74.6 Å². The van der Waals surface area contributed by atoms with E-state index < -0.39 is 11.9 Å². The van der Waals surface area contributed by atoms with Crippen molar-refractivity contribution in [2.75, 3.05) is 0 Å².